The number of aromatic nitrogens is 6. The molecule has 2 aromatic heterocycles. The Labute approximate surface area is 776 Å². The van der Waals surface area contributed by atoms with Crippen LogP contribution in [0.15, 0.2) is 109 Å². The van der Waals surface area contributed by atoms with Gasteiger partial charge in [-0.15, -0.1) is 10.2 Å². The van der Waals surface area contributed by atoms with Crippen molar-refractivity contribution in [2.24, 2.45) is 47.3 Å². The summed E-state index contributed by atoms with van der Waals surface area (Å²) in [6.45, 7) is 60.2. The van der Waals surface area contributed by atoms with Crippen LogP contribution >= 0.6 is 0 Å². The standard InChI is InChI=1S/C111H160N6O12/c1-25-76(17)62-120-102-54-88-47-90-56-108(126-68-82(23)31-7)92(58-106(90)124-66-80(21)29-5)49-93-59-107(125-67-81(22)30-6)91(57-109(93)127-69-83(24)32-8)48-89-55-103(121-63-77(18)26-2)87(53-105(89)123-65-79(20)28-4)46-85-51-100(118-43-35-41-116-60-94(112-114-116)70-128-110-96(72(9)10)37-33-38-97(110)73(11)12)84(45-86(102)52-104(88)122-64-78(19)27-3)50-101(85)119-44-36-42-117-61-95(113-115-117)71-129-111-98(74(13)14)39-34-40-99(111)75(15)16/h33-34,37-40,50-61,72-83H,25-32,35-36,41-49,62-71H2,1-24H3/t76-,77-,78-,79-,80-,81-,82-,83-/m0/s1. The highest BCUT2D eigenvalue weighted by Crippen LogP contribution is 2.46. The third kappa shape index (κ3) is 29.7. The monoisotopic (exact) mass is 1770 g/mol. The highest BCUT2D eigenvalue weighted by molar-refractivity contribution is 5.60. The van der Waals surface area contributed by atoms with Gasteiger partial charge in [-0.05, 0) is 154 Å². The molecular weight excluding hydrogens is 1610 g/mol. The van der Waals surface area contributed by atoms with Gasteiger partial charge >= 0.3 is 0 Å². The second-order valence-corrected chi connectivity index (χ2v) is 38.9. The molecule has 0 N–H and O–H groups in total. The summed E-state index contributed by atoms with van der Waals surface area (Å²) in [4.78, 5) is 0. The number of hydrogen-bond acceptors (Lipinski definition) is 16. The second kappa shape index (κ2) is 50.7. The van der Waals surface area contributed by atoms with Crippen LogP contribution in [0.1, 0.15) is 343 Å². The third-order valence-corrected chi connectivity index (χ3v) is 26.0. The molecule has 9 aromatic rings. The van der Waals surface area contributed by atoms with Crippen LogP contribution in [0.5, 0.6) is 69.0 Å². The molecule has 129 heavy (non-hydrogen) atoms. The van der Waals surface area contributed by atoms with Gasteiger partial charge in [0.25, 0.3) is 0 Å². The van der Waals surface area contributed by atoms with Crippen LogP contribution in [0.3, 0.4) is 0 Å². The number of hydrogen-bond donors (Lipinski definition) is 0. The Morgan fingerprint density at radius 1 is 0.256 bits per heavy atom. The van der Waals surface area contributed by atoms with Crippen LogP contribution in [0.25, 0.3) is 0 Å². The summed E-state index contributed by atoms with van der Waals surface area (Å²) in [5, 5.41) is 18.7. The van der Waals surface area contributed by atoms with Gasteiger partial charge in [0, 0.05) is 114 Å². The average molecular weight is 1770 g/mol. The molecule has 706 valence electrons. The molecular formula is C111H160N6O12. The van der Waals surface area contributed by atoms with Crippen molar-refractivity contribution < 1.29 is 56.8 Å². The van der Waals surface area contributed by atoms with Gasteiger partial charge in [-0.3, -0.25) is 9.36 Å². The van der Waals surface area contributed by atoms with E-state index in [1.807, 2.05) is 21.8 Å². The van der Waals surface area contributed by atoms with Crippen molar-refractivity contribution in [1.29, 1.82) is 0 Å². The summed E-state index contributed by atoms with van der Waals surface area (Å²) in [7, 11) is 0. The van der Waals surface area contributed by atoms with E-state index in [0.717, 1.165) is 176 Å². The van der Waals surface area contributed by atoms with Gasteiger partial charge in [-0.1, -0.05) is 264 Å². The highest BCUT2D eigenvalue weighted by atomic mass is 16.5. The fraction of sp³-hybridized carbons (Fsp3) is 0.586. The van der Waals surface area contributed by atoms with Crippen LogP contribution in [-0.4, -0.2) is 96.1 Å². The molecule has 10 bridgehead atoms. The van der Waals surface area contributed by atoms with E-state index in [2.05, 4.69) is 284 Å². The molecule has 0 spiro atoms. The van der Waals surface area contributed by atoms with E-state index in [9.17, 15) is 0 Å². The second-order valence-electron chi connectivity index (χ2n) is 38.9. The molecule has 18 heteroatoms. The Morgan fingerprint density at radius 3 is 0.620 bits per heavy atom. The molecule has 0 fully saturated rings. The minimum absolute atomic E-state index is 0.257. The van der Waals surface area contributed by atoms with E-state index >= 15 is 0 Å². The quantitative estimate of drug-likeness (QED) is 0.0329. The number of para-hydroxylation sites is 2. The lowest BCUT2D eigenvalue weighted by atomic mass is 9.94. The number of ether oxygens (including phenoxy) is 12. The molecule has 0 radical (unpaired) electrons. The summed E-state index contributed by atoms with van der Waals surface area (Å²) in [5.74, 6) is 13.0. The lowest BCUT2D eigenvalue weighted by Crippen LogP contribution is -2.14. The molecule has 0 unspecified atom stereocenters. The van der Waals surface area contributed by atoms with Crippen molar-refractivity contribution in [2.45, 2.75) is 312 Å². The Kier molecular flexibility index (Phi) is 39.9. The van der Waals surface area contributed by atoms with Crippen LogP contribution in [0.4, 0.5) is 0 Å². The van der Waals surface area contributed by atoms with E-state index in [0.29, 0.717) is 184 Å². The lowest BCUT2D eigenvalue weighted by Gasteiger charge is -2.24. The van der Waals surface area contributed by atoms with Gasteiger partial charge in [0.05, 0.1) is 78.5 Å². The van der Waals surface area contributed by atoms with Gasteiger partial charge in [0.15, 0.2) is 0 Å². The Morgan fingerprint density at radius 2 is 0.442 bits per heavy atom. The van der Waals surface area contributed by atoms with Crippen molar-refractivity contribution >= 4 is 0 Å². The largest absolute Gasteiger partial charge is 0.493 e. The summed E-state index contributed by atoms with van der Waals surface area (Å²) in [6, 6.07) is 35.4. The van der Waals surface area contributed by atoms with E-state index in [1.54, 1.807) is 0 Å². The molecule has 10 aliphatic rings. The Hall–Kier alpha value is -9.58. The van der Waals surface area contributed by atoms with Crippen molar-refractivity contribution in [2.75, 3.05) is 66.1 Å². The van der Waals surface area contributed by atoms with Crippen molar-refractivity contribution in [1.82, 2.24) is 30.0 Å². The van der Waals surface area contributed by atoms with Gasteiger partial charge in [0.2, 0.25) is 0 Å². The van der Waals surface area contributed by atoms with Crippen LogP contribution < -0.4 is 56.8 Å². The van der Waals surface area contributed by atoms with Crippen LogP contribution in [0.2, 0.25) is 0 Å². The van der Waals surface area contributed by atoms with Crippen molar-refractivity contribution in [3.63, 3.8) is 0 Å². The van der Waals surface area contributed by atoms with Gasteiger partial charge < -0.3 is 56.8 Å². The first kappa shape index (κ1) is 102. The third-order valence-electron chi connectivity index (χ3n) is 26.0. The topological polar surface area (TPSA) is 172 Å². The molecule has 0 amide bonds. The maximum Gasteiger partial charge on any atom is 0.134 e. The molecule has 10 aliphatic carbocycles. The molecule has 19 rings (SSSR count). The molecule has 0 aliphatic heterocycles. The summed E-state index contributed by atoms with van der Waals surface area (Å²) in [5.41, 5.74) is 15.9. The predicted octanol–water partition coefficient (Wildman–Crippen LogP) is 27.1. The van der Waals surface area contributed by atoms with Crippen molar-refractivity contribution in [3.8, 4) is 69.0 Å². The average Bonchev–Trinajstić information content (AvgIpc) is 1.52. The fourth-order valence-corrected chi connectivity index (χ4v) is 15.2. The van der Waals surface area contributed by atoms with E-state index in [1.165, 1.54) is 22.3 Å². The summed E-state index contributed by atoms with van der Waals surface area (Å²) >= 11 is 0. The summed E-state index contributed by atoms with van der Waals surface area (Å²) < 4.78 is 90.0. The van der Waals surface area contributed by atoms with E-state index in [4.69, 9.17) is 56.8 Å². The first-order valence-electron chi connectivity index (χ1n) is 49.5. The molecule has 8 atom stereocenters. The molecule has 7 aromatic carbocycles. The maximum absolute atomic E-state index is 7.39. The normalized spacial score (nSPS) is 14.2. The van der Waals surface area contributed by atoms with Crippen molar-refractivity contribution in [3.05, 3.63) is 199 Å². The van der Waals surface area contributed by atoms with Crippen LogP contribution in [0, 0.1) is 47.3 Å². The number of rotatable bonds is 52. The van der Waals surface area contributed by atoms with Gasteiger partial charge in [0.1, 0.15) is 93.6 Å². The zero-order chi connectivity index (χ0) is 92.8. The zero-order valence-corrected chi connectivity index (χ0v) is 83.4. The molecule has 0 saturated heterocycles. The Bertz CT molecular complexity index is 4570. The van der Waals surface area contributed by atoms with Crippen LogP contribution in [-0.2, 0) is 58.4 Å². The highest BCUT2D eigenvalue weighted by Gasteiger charge is 2.29. The minimum Gasteiger partial charge on any atom is -0.493 e. The number of aryl methyl sites for hydroxylation is 2. The number of nitrogens with zero attached hydrogens (tertiary/aromatic N) is 6. The SMILES string of the molecule is CC[C@H](C)COc1cc2c(OC[C@@H](C)CC)cc1Cc1cc(OCCCn3cc(COc4c(C(C)C)cccc4C(C)C)nn3)c(cc1OCCCn1cc(COc3c(C(C)C)cccc3C(C)C)nn1)Cc1cc(OC[C@@H](C)CC)c(cc1OC[C@@H](C)CC)Cc1cc(OC[C@@H](C)CC)c(cc1OC[C@@H](C)CC)Cc1cc(OC[C@@H](C)CC)c(cc1OC[C@@H](C)CC)C2. The molecule has 2 heterocycles. The molecule has 0 saturated carbocycles. The lowest BCUT2D eigenvalue weighted by molar-refractivity contribution is 0.243. The fourth-order valence-electron chi connectivity index (χ4n) is 15.2. The van der Waals surface area contributed by atoms with E-state index < -0.39 is 0 Å². The first-order valence-corrected chi connectivity index (χ1v) is 49.5. The molecule has 18 nitrogen and oxygen atoms in total. The smallest absolute Gasteiger partial charge is 0.134 e. The van der Waals surface area contributed by atoms with Gasteiger partial charge in [-0.2, -0.15) is 0 Å². The Balaban J connectivity index is 1.20. The first-order chi connectivity index (χ1) is 62.1. The summed E-state index contributed by atoms with van der Waals surface area (Å²) in [6.07, 6.45) is 15.1. The van der Waals surface area contributed by atoms with Gasteiger partial charge in [-0.25, -0.2) is 0 Å². The maximum atomic E-state index is 7.39. The zero-order valence-electron chi connectivity index (χ0n) is 83.4. The predicted molar refractivity (Wildman–Crippen MR) is 524 cm³/mol. The van der Waals surface area contributed by atoms with E-state index in [-0.39, 0.29) is 35.5 Å². The number of benzene rings is 7. The minimum atomic E-state index is 0.257.